The van der Waals surface area contributed by atoms with E-state index in [2.05, 4.69) is 10.6 Å². The van der Waals surface area contributed by atoms with Crippen LogP contribution in [-0.2, 0) is 16.2 Å². The predicted octanol–water partition coefficient (Wildman–Crippen LogP) is 0.783. The third kappa shape index (κ3) is 4.91. The standard InChI is InChI=1S/C21H23N3O5/c25-13-14-5-4-8-16(11-14)23-21(29)22-12-19(26)24-17(9-10-18(24)20(27)28)15-6-2-1-3-7-15/h1-8,11,17-18,25H,9-10,12-13H2,(H,27,28)(H2,22,23,29)/p-1. The number of urea groups is 1. The number of nitrogens with zero attached hydrogens (tertiary/aromatic N) is 1. The molecule has 0 spiro atoms. The summed E-state index contributed by atoms with van der Waals surface area (Å²) in [6.07, 6.45) is 0.808. The van der Waals surface area contributed by atoms with Crippen LogP contribution in [0.2, 0.25) is 0 Å². The topological polar surface area (TPSA) is 122 Å². The van der Waals surface area contributed by atoms with Gasteiger partial charge in [0, 0.05) is 5.69 Å². The fourth-order valence-electron chi connectivity index (χ4n) is 3.56. The minimum Gasteiger partial charge on any atom is -0.548 e. The lowest BCUT2D eigenvalue weighted by molar-refractivity contribution is -0.310. The second kappa shape index (κ2) is 9.20. The van der Waals surface area contributed by atoms with Gasteiger partial charge in [-0.25, -0.2) is 4.79 Å². The zero-order valence-corrected chi connectivity index (χ0v) is 15.7. The second-order valence-corrected chi connectivity index (χ2v) is 6.81. The molecular formula is C21H22N3O5-. The van der Waals surface area contributed by atoms with Crippen LogP contribution in [0.5, 0.6) is 0 Å². The van der Waals surface area contributed by atoms with E-state index in [1.807, 2.05) is 30.3 Å². The molecule has 0 aliphatic carbocycles. The number of hydrogen-bond acceptors (Lipinski definition) is 5. The van der Waals surface area contributed by atoms with E-state index in [0.29, 0.717) is 24.1 Å². The maximum Gasteiger partial charge on any atom is 0.319 e. The Morgan fingerprint density at radius 1 is 1.07 bits per heavy atom. The van der Waals surface area contributed by atoms with Crippen LogP contribution in [0, 0.1) is 0 Å². The van der Waals surface area contributed by atoms with Crippen LogP contribution in [0.25, 0.3) is 0 Å². The average molecular weight is 396 g/mol. The van der Waals surface area contributed by atoms with E-state index in [0.717, 1.165) is 5.56 Å². The molecule has 2 aromatic carbocycles. The smallest absolute Gasteiger partial charge is 0.319 e. The number of carboxylic acids is 1. The van der Waals surface area contributed by atoms with E-state index in [-0.39, 0.29) is 19.2 Å². The van der Waals surface area contributed by atoms with Gasteiger partial charge in [0.15, 0.2) is 0 Å². The molecule has 0 radical (unpaired) electrons. The molecule has 1 fully saturated rings. The van der Waals surface area contributed by atoms with E-state index < -0.39 is 23.9 Å². The summed E-state index contributed by atoms with van der Waals surface area (Å²) < 4.78 is 0. The molecule has 3 rings (SSSR count). The highest BCUT2D eigenvalue weighted by atomic mass is 16.4. The second-order valence-electron chi connectivity index (χ2n) is 6.81. The summed E-state index contributed by atoms with van der Waals surface area (Å²) in [5.74, 6) is -1.80. The first-order valence-corrected chi connectivity index (χ1v) is 9.31. The third-order valence-electron chi connectivity index (χ3n) is 4.90. The molecule has 1 aliphatic heterocycles. The van der Waals surface area contributed by atoms with Crippen molar-refractivity contribution in [2.75, 3.05) is 11.9 Å². The van der Waals surface area contributed by atoms with Crippen molar-refractivity contribution in [2.24, 2.45) is 0 Å². The number of hydrogen-bond donors (Lipinski definition) is 3. The number of carboxylic acid groups (broad SMARTS) is 1. The molecule has 2 atom stereocenters. The predicted molar refractivity (Wildman–Crippen MR) is 103 cm³/mol. The Labute approximate surface area is 168 Å². The molecule has 3 N–H and O–H groups in total. The molecule has 8 nitrogen and oxygen atoms in total. The summed E-state index contributed by atoms with van der Waals surface area (Å²) in [4.78, 5) is 37.7. The molecule has 1 aliphatic rings. The Morgan fingerprint density at radius 2 is 1.83 bits per heavy atom. The number of likely N-dealkylation sites (tertiary alicyclic amines) is 1. The van der Waals surface area contributed by atoms with Gasteiger partial charge >= 0.3 is 6.03 Å². The van der Waals surface area contributed by atoms with E-state index >= 15 is 0 Å². The maximum absolute atomic E-state index is 12.8. The van der Waals surface area contributed by atoms with Crippen molar-refractivity contribution in [3.63, 3.8) is 0 Å². The van der Waals surface area contributed by atoms with Crippen molar-refractivity contribution in [3.8, 4) is 0 Å². The molecule has 2 aromatic rings. The lowest BCUT2D eigenvalue weighted by Crippen LogP contribution is -2.50. The van der Waals surface area contributed by atoms with E-state index in [1.165, 1.54) is 4.90 Å². The van der Waals surface area contributed by atoms with Gasteiger partial charge in [-0.1, -0.05) is 42.5 Å². The summed E-state index contributed by atoms with van der Waals surface area (Å²) in [6.45, 7) is -0.505. The third-order valence-corrected chi connectivity index (χ3v) is 4.90. The molecule has 0 aromatic heterocycles. The average Bonchev–Trinajstić information content (AvgIpc) is 3.18. The molecule has 152 valence electrons. The number of carbonyl (C=O) groups excluding carboxylic acids is 3. The van der Waals surface area contributed by atoms with Crippen molar-refractivity contribution in [2.45, 2.75) is 31.5 Å². The summed E-state index contributed by atoms with van der Waals surface area (Å²) >= 11 is 0. The SMILES string of the molecule is O=C(NCC(=O)N1C(C(=O)[O-])CCC1c1ccccc1)Nc1cccc(CO)c1. The minimum absolute atomic E-state index is 0.157. The van der Waals surface area contributed by atoms with Gasteiger partial charge in [0.25, 0.3) is 0 Å². The van der Waals surface area contributed by atoms with Crippen LogP contribution >= 0.6 is 0 Å². The van der Waals surface area contributed by atoms with Gasteiger partial charge in [-0.05, 0) is 36.1 Å². The molecular weight excluding hydrogens is 374 g/mol. The number of rotatable bonds is 6. The number of anilines is 1. The summed E-state index contributed by atoms with van der Waals surface area (Å²) in [5.41, 5.74) is 1.95. The van der Waals surface area contributed by atoms with Gasteiger partial charge in [-0.15, -0.1) is 0 Å². The number of aliphatic hydroxyl groups excluding tert-OH is 1. The highest BCUT2D eigenvalue weighted by Crippen LogP contribution is 2.35. The Balaban J connectivity index is 1.65. The van der Waals surface area contributed by atoms with Crippen LogP contribution in [0.3, 0.4) is 0 Å². The minimum atomic E-state index is -1.30. The summed E-state index contributed by atoms with van der Waals surface area (Å²) in [5, 5.41) is 25.7. The first kappa shape index (κ1) is 20.3. The van der Waals surface area contributed by atoms with Crippen LogP contribution < -0.4 is 15.7 Å². The summed E-state index contributed by atoms with van der Waals surface area (Å²) in [7, 11) is 0. The number of carbonyl (C=O) groups is 3. The fraction of sp³-hybridized carbons (Fsp3) is 0.286. The zero-order valence-electron chi connectivity index (χ0n) is 15.7. The molecule has 1 saturated heterocycles. The maximum atomic E-state index is 12.8. The highest BCUT2D eigenvalue weighted by Gasteiger charge is 2.38. The fourth-order valence-corrected chi connectivity index (χ4v) is 3.56. The Kier molecular flexibility index (Phi) is 6.46. The van der Waals surface area contributed by atoms with Gasteiger partial charge in [-0.2, -0.15) is 0 Å². The summed E-state index contributed by atoms with van der Waals surface area (Å²) in [6, 6.07) is 13.8. The van der Waals surface area contributed by atoms with Crippen molar-refractivity contribution in [1.29, 1.82) is 0 Å². The molecule has 0 saturated carbocycles. The van der Waals surface area contributed by atoms with Crippen LogP contribution in [0.15, 0.2) is 54.6 Å². The van der Waals surface area contributed by atoms with Crippen LogP contribution in [0.1, 0.15) is 30.0 Å². The van der Waals surface area contributed by atoms with Gasteiger partial charge in [0.2, 0.25) is 5.91 Å². The zero-order chi connectivity index (χ0) is 20.8. The molecule has 29 heavy (non-hydrogen) atoms. The normalized spacial score (nSPS) is 18.3. The lowest BCUT2D eigenvalue weighted by Gasteiger charge is -2.31. The Morgan fingerprint density at radius 3 is 2.52 bits per heavy atom. The number of aliphatic hydroxyl groups is 1. The highest BCUT2D eigenvalue weighted by molar-refractivity contribution is 5.93. The van der Waals surface area contributed by atoms with Gasteiger partial charge in [0.05, 0.1) is 31.2 Å². The number of aliphatic carboxylic acids is 1. The van der Waals surface area contributed by atoms with E-state index in [1.54, 1.807) is 24.3 Å². The van der Waals surface area contributed by atoms with E-state index in [4.69, 9.17) is 5.11 Å². The van der Waals surface area contributed by atoms with Crippen LogP contribution in [0.4, 0.5) is 10.5 Å². The molecule has 2 unspecified atom stereocenters. The first-order valence-electron chi connectivity index (χ1n) is 9.31. The number of nitrogens with one attached hydrogen (secondary N) is 2. The molecule has 3 amide bonds. The van der Waals surface area contributed by atoms with Gasteiger partial charge in [-0.3, -0.25) is 4.79 Å². The molecule has 0 bridgehead atoms. The quantitative estimate of drug-likeness (QED) is 0.666. The van der Waals surface area contributed by atoms with Crippen molar-refractivity contribution in [3.05, 3.63) is 65.7 Å². The Bertz CT molecular complexity index is 887. The van der Waals surface area contributed by atoms with Crippen LogP contribution in [-0.4, -0.2) is 40.5 Å². The largest absolute Gasteiger partial charge is 0.548 e. The lowest BCUT2D eigenvalue weighted by atomic mass is 10.0. The first-order chi connectivity index (χ1) is 14.0. The van der Waals surface area contributed by atoms with E-state index in [9.17, 15) is 19.5 Å². The molecule has 1 heterocycles. The monoisotopic (exact) mass is 396 g/mol. The van der Waals surface area contributed by atoms with Crippen molar-refractivity contribution < 1.29 is 24.6 Å². The Hall–Kier alpha value is -3.39. The van der Waals surface area contributed by atoms with Crippen molar-refractivity contribution >= 4 is 23.6 Å². The van der Waals surface area contributed by atoms with Gasteiger partial charge in [0.1, 0.15) is 0 Å². The molecule has 8 heteroatoms. The van der Waals surface area contributed by atoms with Crippen molar-refractivity contribution in [1.82, 2.24) is 10.2 Å². The number of amides is 3. The van der Waals surface area contributed by atoms with Gasteiger partial charge < -0.3 is 30.5 Å². The number of benzene rings is 2.